The van der Waals surface area contributed by atoms with Crippen molar-refractivity contribution in [3.63, 3.8) is 0 Å². The van der Waals surface area contributed by atoms with Crippen LogP contribution >= 0.6 is 0 Å². The van der Waals surface area contributed by atoms with Gasteiger partial charge in [0.05, 0.1) is 31.5 Å². The van der Waals surface area contributed by atoms with Gasteiger partial charge in [-0.2, -0.15) is 0 Å². The van der Waals surface area contributed by atoms with E-state index in [1.165, 1.54) is 4.90 Å². The lowest BCUT2D eigenvalue weighted by atomic mass is 9.74. The van der Waals surface area contributed by atoms with Gasteiger partial charge in [0, 0.05) is 47.2 Å². The monoisotopic (exact) mass is 449 g/mol. The zero-order valence-corrected chi connectivity index (χ0v) is 19.6. The lowest BCUT2D eigenvalue weighted by molar-refractivity contribution is 0.0976. The molecule has 2 aliphatic rings. The predicted molar refractivity (Wildman–Crippen MR) is 128 cm³/mol. The molecule has 2 atom stereocenters. The van der Waals surface area contributed by atoms with Gasteiger partial charge in [0.2, 0.25) is 0 Å². The number of amides is 1. The van der Waals surface area contributed by atoms with Crippen molar-refractivity contribution in [1.29, 1.82) is 0 Å². The van der Waals surface area contributed by atoms with Gasteiger partial charge >= 0.3 is 6.09 Å². The highest BCUT2D eigenvalue weighted by atomic mass is 16.5. The van der Waals surface area contributed by atoms with E-state index in [9.17, 15) is 9.90 Å². The smallest absolute Gasteiger partial charge is 0.407 e. The third-order valence-electron chi connectivity index (χ3n) is 6.86. The van der Waals surface area contributed by atoms with E-state index in [1.807, 2.05) is 24.4 Å². The Balaban J connectivity index is 1.72. The molecule has 1 saturated heterocycles. The van der Waals surface area contributed by atoms with Crippen molar-refractivity contribution < 1.29 is 14.6 Å². The van der Waals surface area contributed by atoms with Gasteiger partial charge in [-0.05, 0) is 36.6 Å². The standard InChI is InChI=1S/C25H31N5O3/c1-15-14-33-10-9-30(15)23-21-18(25(2,3)4)12-29(24(31)32)13-20(21)27-22(28-23)17-5-6-19-16(11-17)7-8-26-19/h5-8,11,15,18,26H,9-10,12-14H2,1-4H3,(H,31,32)/t15?,18-/m1/s1. The summed E-state index contributed by atoms with van der Waals surface area (Å²) in [6.45, 7) is 11.4. The molecule has 0 bridgehead atoms. The van der Waals surface area contributed by atoms with Crippen LogP contribution < -0.4 is 4.90 Å². The Hall–Kier alpha value is -3.13. The highest BCUT2D eigenvalue weighted by molar-refractivity contribution is 5.84. The number of aromatic amines is 1. The van der Waals surface area contributed by atoms with E-state index in [4.69, 9.17) is 14.7 Å². The number of carbonyl (C=O) groups is 1. The second kappa shape index (κ2) is 8.02. The van der Waals surface area contributed by atoms with E-state index < -0.39 is 6.09 Å². The molecule has 1 unspecified atom stereocenters. The van der Waals surface area contributed by atoms with Crippen LogP contribution in [0.2, 0.25) is 0 Å². The summed E-state index contributed by atoms with van der Waals surface area (Å²) in [5.41, 5.74) is 3.72. The molecule has 1 amide bonds. The van der Waals surface area contributed by atoms with Crippen molar-refractivity contribution in [1.82, 2.24) is 19.9 Å². The number of hydrogen-bond acceptors (Lipinski definition) is 5. The first-order valence-electron chi connectivity index (χ1n) is 11.5. The highest BCUT2D eigenvalue weighted by Gasteiger charge is 2.40. The Morgan fingerprint density at radius 1 is 1.24 bits per heavy atom. The summed E-state index contributed by atoms with van der Waals surface area (Å²) in [5, 5.41) is 10.9. The van der Waals surface area contributed by atoms with Crippen LogP contribution in [0.4, 0.5) is 10.6 Å². The summed E-state index contributed by atoms with van der Waals surface area (Å²) in [6.07, 6.45) is 1.01. The fourth-order valence-corrected chi connectivity index (χ4v) is 4.97. The maximum atomic E-state index is 12.0. The minimum absolute atomic E-state index is 0.0106. The number of H-pyrrole nitrogens is 1. The molecule has 1 aromatic carbocycles. The minimum Gasteiger partial charge on any atom is -0.465 e. The average Bonchev–Trinajstić information content (AvgIpc) is 3.25. The van der Waals surface area contributed by atoms with Crippen molar-refractivity contribution in [2.24, 2.45) is 5.41 Å². The second-order valence-electron chi connectivity index (χ2n) is 10.2. The van der Waals surface area contributed by atoms with E-state index in [-0.39, 0.29) is 23.9 Å². The molecular weight excluding hydrogens is 418 g/mol. The topological polar surface area (TPSA) is 94.6 Å². The van der Waals surface area contributed by atoms with Crippen molar-refractivity contribution >= 4 is 22.8 Å². The lowest BCUT2D eigenvalue weighted by Crippen LogP contribution is -2.47. The number of benzene rings is 1. The summed E-state index contributed by atoms with van der Waals surface area (Å²) in [6, 6.07) is 8.34. The first kappa shape index (κ1) is 21.7. The molecule has 0 aliphatic carbocycles. The van der Waals surface area contributed by atoms with Gasteiger partial charge < -0.3 is 24.6 Å². The van der Waals surface area contributed by atoms with Gasteiger partial charge in [-0.3, -0.25) is 0 Å². The number of fused-ring (bicyclic) bond motifs is 2. The molecule has 0 spiro atoms. The number of nitrogens with one attached hydrogen (secondary N) is 1. The van der Waals surface area contributed by atoms with Crippen LogP contribution in [0, 0.1) is 5.41 Å². The number of nitrogens with zero attached hydrogens (tertiary/aromatic N) is 4. The van der Waals surface area contributed by atoms with Crippen molar-refractivity contribution in [3.8, 4) is 11.4 Å². The first-order valence-corrected chi connectivity index (χ1v) is 11.5. The average molecular weight is 450 g/mol. The number of aromatic nitrogens is 3. The molecule has 0 saturated carbocycles. The van der Waals surface area contributed by atoms with Crippen LogP contribution in [0.15, 0.2) is 30.5 Å². The van der Waals surface area contributed by atoms with Crippen molar-refractivity contribution in [2.75, 3.05) is 31.2 Å². The number of ether oxygens (including phenoxy) is 1. The van der Waals surface area contributed by atoms with Crippen LogP contribution in [0.1, 0.15) is 44.9 Å². The predicted octanol–water partition coefficient (Wildman–Crippen LogP) is 4.47. The largest absolute Gasteiger partial charge is 0.465 e. The third-order valence-corrected chi connectivity index (χ3v) is 6.86. The zero-order chi connectivity index (χ0) is 23.3. The summed E-state index contributed by atoms with van der Waals surface area (Å²) < 4.78 is 5.70. The molecule has 8 nitrogen and oxygen atoms in total. The van der Waals surface area contributed by atoms with Crippen molar-refractivity contribution in [3.05, 3.63) is 41.7 Å². The number of rotatable bonds is 2. The summed E-state index contributed by atoms with van der Waals surface area (Å²) in [7, 11) is 0. The second-order valence-corrected chi connectivity index (χ2v) is 10.2. The molecule has 0 radical (unpaired) electrons. The summed E-state index contributed by atoms with van der Waals surface area (Å²) in [4.78, 5) is 29.1. The van der Waals surface area contributed by atoms with E-state index in [2.05, 4.69) is 43.6 Å². The Bertz CT molecular complexity index is 1200. The molecule has 174 valence electrons. The van der Waals surface area contributed by atoms with Gasteiger partial charge in [0.25, 0.3) is 0 Å². The normalized spacial score (nSPS) is 21.3. The molecule has 33 heavy (non-hydrogen) atoms. The van der Waals surface area contributed by atoms with Crippen molar-refractivity contribution in [2.45, 2.75) is 46.2 Å². The maximum absolute atomic E-state index is 12.0. The van der Waals surface area contributed by atoms with Gasteiger partial charge in [-0.15, -0.1) is 0 Å². The summed E-state index contributed by atoms with van der Waals surface area (Å²) in [5.74, 6) is 1.54. The Kier molecular flexibility index (Phi) is 5.28. The molecular formula is C25H31N5O3. The van der Waals surface area contributed by atoms with Crippen LogP contribution in [0.5, 0.6) is 0 Å². The Labute approximate surface area is 193 Å². The van der Waals surface area contributed by atoms with Crippen LogP contribution in [-0.2, 0) is 11.3 Å². The van der Waals surface area contributed by atoms with Gasteiger partial charge in [0.1, 0.15) is 5.82 Å². The van der Waals surface area contributed by atoms with E-state index >= 15 is 0 Å². The van der Waals surface area contributed by atoms with E-state index in [1.54, 1.807) is 0 Å². The van der Waals surface area contributed by atoms with Crippen LogP contribution in [0.25, 0.3) is 22.3 Å². The number of morpholine rings is 1. The Morgan fingerprint density at radius 2 is 2.06 bits per heavy atom. The highest BCUT2D eigenvalue weighted by Crippen LogP contribution is 2.45. The number of carboxylic acid groups (broad SMARTS) is 1. The number of hydrogen-bond donors (Lipinski definition) is 2. The molecule has 1 fully saturated rings. The summed E-state index contributed by atoms with van der Waals surface area (Å²) >= 11 is 0. The lowest BCUT2D eigenvalue weighted by Gasteiger charge is -2.43. The molecule has 8 heteroatoms. The van der Waals surface area contributed by atoms with E-state index in [0.717, 1.165) is 40.1 Å². The maximum Gasteiger partial charge on any atom is 0.407 e. The molecule has 3 aromatic rings. The number of anilines is 1. The Morgan fingerprint density at radius 3 is 2.79 bits per heavy atom. The molecule has 4 heterocycles. The fourth-order valence-electron chi connectivity index (χ4n) is 4.97. The van der Waals surface area contributed by atoms with E-state index in [0.29, 0.717) is 25.6 Å². The minimum atomic E-state index is -0.912. The molecule has 2 N–H and O–H groups in total. The van der Waals surface area contributed by atoms with Crippen LogP contribution in [-0.4, -0.2) is 63.4 Å². The first-order chi connectivity index (χ1) is 15.7. The zero-order valence-electron chi connectivity index (χ0n) is 19.6. The molecule has 2 aromatic heterocycles. The van der Waals surface area contributed by atoms with Crippen LogP contribution in [0.3, 0.4) is 0 Å². The van der Waals surface area contributed by atoms with Gasteiger partial charge in [0.15, 0.2) is 5.82 Å². The molecule has 2 aliphatic heterocycles. The third kappa shape index (κ3) is 3.93. The van der Waals surface area contributed by atoms with Gasteiger partial charge in [-0.25, -0.2) is 14.8 Å². The SMILES string of the molecule is CC1COCCN1c1nc(-c2ccc3[nH]ccc3c2)nc2c1[C@H](C(C)(C)C)CN(C(=O)O)C2. The van der Waals surface area contributed by atoms with Gasteiger partial charge in [-0.1, -0.05) is 20.8 Å². The quantitative estimate of drug-likeness (QED) is 0.599. The fraction of sp³-hybridized carbons (Fsp3) is 0.480. The molecule has 5 rings (SSSR count).